The average Bonchev–Trinajstić information content (AvgIpc) is 2.47. The van der Waals surface area contributed by atoms with E-state index < -0.39 is 0 Å². The summed E-state index contributed by atoms with van der Waals surface area (Å²) in [5, 5.41) is 2.58. The Morgan fingerprint density at radius 2 is 1.86 bits per heavy atom. The molecule has 1 N–H and O–H groups in total. The third kappa shape index (κ3) is 0.989. The van der Waals surface area contributed by atoms with E-state index in [1.165, 1.54) is 38.6 Å². The molecule has 3 fully saturated rings. The van der Waals surface area contributed by atoms with Crippen LogP contribution in [0.2, 0.25) is 0 Å². The molecular formula is C12H22N2. The second-order valence-electron chi connectivity index (χ2n) is 6.61. The van der Waals surface area contributed by atoms with Crippen molar-refractivity contribution in [2.24, 2.45) is 5.41 Å². The van der Waals surface area contributed by atoms with Gasteiger partial charge < -0.3 is 0 Å². The fourth-order valence-corrected chi connectivity index (χ4v) is 3.60. The van der Waals surface area contributed by atoms with Crippen LogP contribution >= 0.6 is 0 Å². The van der Waals surface area contributed by atoms with Crippen molar-refractivity contribution >= 4 is 0 Å². The molecule has 1 spiro atoms. The van der Waals surface area contributed by atoms with Gasteiger partial charge in [-0.25, -0.2) is 10.4 Å². The van der Waals surface area contributed by atoms with Crippen molar-refractivity contribution in [3.8, 4) is 0 Å². The molecule has 2 nitrogen and oxygen atoms in total. The topological polar surface area (TPSA) is 15.3 Å². The van der Waals surface area contributed by atoms with Crippen LogP contribution in [0, 0.1) is 5.41 Å². The third-order valence-electron chi connectivity index (χ3n) is 4.74. The molecule has 0 aromatic carbocycles. The summed E-state index contributed by atoms with van der Waals surface area (Å²) in [5.74, 6) is 0. The smallest absolute Gasteiger partial charge is 0.0421 e. The van der Waals surface area contributed by atoms with E-state index in [1.807, 2.05) is 0 Å². The van der Waals surface area contributed by atoms with E-state index >= 15 is 0 Å². The van der Waals surface area contributed by atoms with Crippen molar-refractivity contribution in [2.45, 2.75) is 64.0 Å². The van der Waals surface area contributed by atoms with E-state index in [1.54, 1.807) is 0 Å². The number of fused-ring (bicyclic) bond motifs is 1. The quantitative estimate of drug-likeness (QED) is 0.636. The molecule has 1 atom stereocenters. The molecule has 0 aromatic heterocycles. The lowest BCUT2D eigenvalue weighted by molar-refractivity contribution is 0.0366. The minimum Gasteiger partial charge on any atom is -0.248 e. The maximum absolute atomic E-state index is 3.78. The van der Waals surface area contributed by atoms with E-state index in [0.717, 1.165) is 0 Å². The van der Waals surface area contributed by atoms with Gasteiger partial charge in [0, 0.05) is 17.6 Å². The summed E-state index contributed by atoms with van der Waals surface area (Å²) >= 11 is 0. The van der Waals surface area contributed by atoms with Crippen LogP contribution < -0.4 is 5.43 Å². The largest absolute Gasteiger partial charge is 0.248 e. The van der Waals surface area contributed by atoms with Gasteiger partial charge in [0.2, 0.25) is 0 Å². The lowest BCUT2D eigenvalue weighted by Crippen LogP contribution is -2.51. The highest BCUT2D eigenvalue weighted by molar-refractivity contribution is 5.18. The lowest BCUT2D eigenvalue weighted by Gasteiger charge is -2.43. The Morgan fingerprint density at radius 3 is 2.36 bits per heavy atom. The summed E-state index contributed by atoms with van der Waals surface area (Å²) in [6.45, 7) is 8.50. The summed E-state index contributed by atoms with van der Waals surface area (Å²) in [5.41, 5.74) is 5.20. The molecule has 0 amide bonds. The molecule has 0 bridgehead atoms. The third-order valence-corrected chi connectivity index (χ3v) is 4.74. The molecule has 1 aliphatic carbocycles. The second kappa shape index (κ2) is 2.35. The number of hydrogen-bond acceptors (Lipinski definition) is 2. The molecular weight excluding hydrogens is 172 g/mol. The summed E-state index contributed by atoms with van der Waals surface area (Å²) in [6.07, 6.45) is 6.97. The van der Waals surface area contributed by atoms with Crippen molar-refractivity contribution < 1.29 is 0 Å². The van der Waals surface area contributed by atoms with Gasteiger partial charge in [0.25, 0.3) is 0 Å². The van der Waals surface area contributed by atoms with Crippen molar-refractivity contribution in [1.29, 1.82) is 0 Å². The Balaban J connectivity index is 1.95. The molecule has 0 radical (unpaired) electrons. The van der Waals surface area contributed by atoms with Crippen LogP contribution in [0.25, 0.3) is 0 Å². The zero-order chi connectivity index (χ0) is 10.0. The predicted octanol–water partition coefficient (Wildman–Crippen LogP) is 2.31. The second-order valence-corrected chi connectivity index (χ2v) is 6.61. The van der Waals surface area contributed by atoms with Crippen molar-refractivity contribution in [3.05, 3.63) is 0 Å². The molecule has 0 aromatic rings. The first-order chi connectivity index (χ1) is 6.48. The summed E-state index contributed by atoms with van der Waals surface area (Å²) in [6, 6.07) is 0. The van der Waals surface area contributed by atoms with Crippen LogP contribution in [0.3, 0.4) is 0 Å². The standard InChI is InChI=1S/C12H22N2/c1-10(2,3)12-5-4-8-14(12)13-11(9-12)6-7-11/h13H,4-9H2,1-3H3. The van der Waals surface area contributed by atoms with Crippen molar-refractivity contribution in [3.63, 3.8) is 0 Å². The molecule has 80 valence electrons. The Hall–Kier alpha value is -0.0800. The highest BCUT2D eigenvalue weighted by Gasteiger charge is 2.63. The highest BCUT2D eigenvalue weighted by atomic mass is 15.6. The van der Waals surface area contributed by atoms with Crippen molar-refractivity contribution in [1.82, 2.24) is 10.4 Å². The zero-order valence-electron chi connectivity index (χ0n) is 9.69. The number of hydrogen-bond donors (Lipinski definition) is 1. The Kier molecular flexibility index (Phi) is 1.54. The molecule has 1 unspecified atom stereocenters. The number of nitrogens with one attached hydrogen (secondary N) is 1. The summed E-state index contributed by atoms with van der Waals surface area (Å²) in [4.78, 5) is 0. The molecule has 2 saturated heterocycles. The van der Waals surface area contributed by atoms with Crippen LogP contribution in [-0.2, 0) is 0 Å². The van der Waals surface area contributed by atoms with Gasteiger partial charge in [0.05, 0.1) is 0 Å². The SMILES string of the molecule is CC(C)(C)C12CCCN1NC1(CC1)C2. The zero-order valence-corrected chi connectivity index (χ0v) is 9.69. The lowest BCUT2D eigenvalue weighted by atomic mass is 9.69. The molecule has 3 aliphatic rings. The van der Waals surface area contributed by atoms with Crippen LogP contribution in [0.15, 0.2) is 0 Å². The maximum Gasteiger partial charge on any atom is 0.0421 e. The first kappa shape index (κ1) is 9.17. The van der Waals surface area contributed by atoms with Gasteiger partial charge >= 0.3 is 0 Å². The van der Waals surface area contributed by atoms with Crippen LogP contribution in [0.4, 0.5) is 0 Å². The molecule has 3 rings (SSSR count). The van der Waals surface area contributed by atoms with Gasteiger partial charge in [-0.2, -0.15) is 0 Å². The van der Waals surface area contributed by atoms with Crippen LogP contribution in [0.5, 0.6) is 0 Å². The monoisotopic (exact) mass is 194 g/mol. The van der Waals surface area contributed by atoms with Crippen molar-refractivity contribution in [2.75, 3.05) is 6.54 Å². The average molecular weight is 194 g/mol. The van der Waals surface area contributed by atoms with Crippen LogP contribution in [-0.4, -0.2) is 22.6 Å². The van der Waals surface area contributed by atoms with E-state index in [2.05, 4.69) is 31.2 Å². The molecule has 14 heavy (non-hydrogen) atoms. The van der Waals surface area contributed by atoms with Gasteiger partial charge in [-0.1, -0.05) is 20.8 Å². The molecule has 2 aliphatic heterocycles. The van der Waals surface area contributed by atoms with E-state index in [4.69, 9.17) is 0 Å². The summed E-state index contributed by atoms with van der Waals surface area (Å²) < 4.78 is 0. The minimum absolute atomic E-state index is 0.419. The van der Waals surface area contributed by atoms with E-state index in [-0.39, 0.29) is 0 Å². The Morgan fingerprint density at radius 1 is 1.14 bits per heavy atom. The first-order valence-corrected chi connectivity index (χ1v) is 6.03. The normalized spacial score (nSPS) is 40.5. The van der Waals surface area contributed by atoms with Gasteiger partial charge in [0.1, 0.15) is 0 Å². The van der Waals surface area contributed by atoms with Crippen LogP contribution in [0.1, 0.15) is 52.9 Å². The molecule has 2 heterocycles. The highest BCUT2D eigenvalue weighted by Crippen LogP contribution is 2.58. The fraction of sp³-hybridized carbons (Fsp3) is 1.00. The fourth-order valence-electron chi connectivity index (χ4n) is 3.60. The minimum atomic E-state index is 0.419. The van der Waals surface area contributed by atoms with E-state index in [9.17, 15) is 0 Å². The number of rotatable bonds is 0. The van der Waals surface area contributed by atoms with E-state index in [0.29, 0.717) is 16.5 Å². The van der Waals surface area contributed by atoms with Gasteiger partial charge in [0.15, 0.2) is 0 Å². The Labute approximate surface area is 87.0 Å². The van der Waals surface area contributed by atoms with Gasteiger partial charge in [-0.15, -0.1) is 0 Å². The molecule has 1 saturated carbocycles. The number of hydrazine groups is 1. The first-order valence-electron chi connectivity index (χ1n) is 6.03. The van der Waals surface area contributed by atoms with Gasteiger partial charge in [-0.05, 0) is 37.5 Å². The molecule has 2 heteroatoms. The summed E-state index contributed by atoms with van der Waals surface area (Å²) in [7, 11) is 0. The Bertz CT molecular complexity index is 262. The predicted molar refractivity (Wildman–Crippen MR) is 57.8 cm³/mol. The maximum atomic E-state index is 3.78. The number of nitrogens with zero attached hydrogens (tertiary/aromatic N) is 1. The van der Waals surface area contributed by atoms with Gasteiger partial charge in [-0.3, -0.25) is 0 Å².